The standard InChI is InChI=1S/C6H9ClO3.2C2H6/c1-3-10-6(9)5(7)4(2)8;2*1-2/h5H,3H2,1-2H3;2*1-2H3. The molecule has 0 aromatic rings. The van der Waals surface area contributed by atoms with Crippen molar-refractivity contribution in [2.45, 2.75) is 46.9 Å². The van der Waals surface area contributed by atoms with Crippen LogP contribution in [0.5, 0.6) is 0 Å². The zero-order valence-corrected chi connectivity index (χ0v) is 10.6. The molecule has 0 rings (SSSR count). The van der Waals surface area contributed by atoms with Gasteiger partial charge in [-0.3, -0.25) is 4.79 Å². The number of rotatable bonds is 3. The van der Waals surface area contributed by atoms with E-state index in [1.165, 1.54) is 6.92 Å². The third-order valence-corrected chi connectivity index (χ3v) is 1.34. The van der Waals surface area contributed by atoms with Crippen LogP contribution in [0.4, 0.5) is 0 Å². The van der Waals surface area contributed by atoms with E-state index in [0.717, 1.165) is 0 Å². The van der Waals surface area contributed by atoms with E-state index < -0.39 is 11.3 Å². The van der Waals surface area contributed by atoms with E-state index in [9.17, 15) is 9.59 Å². The summed E-state index contributed by atoms with van der Waals surface area (Å²) in [5, 5.41) is -1.14. The Hall–Kier alpha value is -0.570. The monoisotopic (exact) mass is 224 g/mol. The molecular formula is C10H21ClO3. The first-order chi connectivity index (χ1) is 6.59. The molecule has 0 amide bonds. The normalized spacial score (nSPS) is 9.64. The van der Waals surface area contributed by atoms with Gasteiger partial charge >= 0.3 is 5.97 Å². The van der Waals surface area contributed by atoms with Crippen LogP contribution in [-0.2, 0) is 14.3 Å². The zero-order valence-electron chi connectivity index (χ0n) is 9.89. The van der Waals surface area contributed by atoms with E-state index in [1.807, 2.05) is 27.7 Å². The molecule has 0 bridgehead atoms. The number of ether oxygens (including phenoxy) is 1. The summed E-state index contributed by atoms with van der Waals surface area (Å²) >= 11 is 5.32. The van der Waals surface area contributed by atoms with Crippen LogP contribution in [0.25, 0.3) is 0 Å². The maximum atomic E-state index is 10.6. The van der Waals surface area contributed by atoms with Crippen LogP contribution < -0.4 is 0 Å². The third kappa shape index (κ3) is 11.4. The Morgan fingerprint density at radius 2 is 1.57 bits per heavy atom. The highest BCUT2D eigenvalue weighted by atomic mass is 35.5. The largest absolute Gasteiger partial charge is 0.465 e. The number of hydrogen-bond acceptors (Lipinski definition) is 3. The lowest BCUT2D eigenvalue weighted by Crippen LogP contribution is -2.24. The molecule has 86 valence electrons. The van der Waals surface area contributed by atoms with Gasteiger partial charge in [-0.1, -0.05) is 27.7 Å². The molecular weight excluding hydrogens is 204 g/mol. The molecule has 0 saturated carbocycles. The van der Waals surface area contributed by atoms with Crippen molar-refractivity contribution in [1.29, 1.82) is 0 Å². The molecule has 0 fully saturated rings. The quantitative estimate of drug-likeness (QED) is 0.421. The number of alkyl halides is 1. The average molecular weight is 225 g/mol. The summed E-state index contributed by atoms with van der Waals surface area (Å²) < 4.78 is 4.47. The fourth-order valence-electron chi connectivity index (χ4n) is 0.381. The molecule has 1 unspecified atom stereocenters. The summed E-state index contributed by atoms with van der Waals surface area (Å²) in [5.41, 5.74) is 0. The number of Topliss-reactive ketones (excluding diaryl/α,β-unsaturated/α-hetero) is 1. The van der Waals surface area contributed by atoms with E-state index in [1.54, 1.807) is 6.92 Å². The van der Waals surface area contributed by atoms with Gasteiger partial charge in [-0.05, 0) is 13.8 Å². The molecule has 1 atom stereocenters. The molecule has 14 heavy (non-hydrogen) atoms. The Morgan fingerprint density at radius 3 is 1.79 bits per heavy atom. The molecule has 0 aliphatic carbocycles. The fourth-order valence-corrected chi connectivity index (χ4v) is 0.444. The number of halogens is 1. The second-order valence-electron chi connectivity index (χ2n) is 1.73. The van der Waals surface area contributed by atoms with Gasteiger partial charge in [0.15, 0.2) is 11.2 Å². The maximum absolute atomic E-state index is 10.6. The lowest BCUT2D eigenvalue weighted by atomic mass is 10.3. The molecule has 0 aromatic carbocycles. The van der Waals surface area contributed by atoms with E-state index in [-0.39, 0.29) is 12.4 Å². The van der Waals surface area contributed by atoms with Crippen LogP contribution in [0, 0.1) is 0 Å². The molecule has 0 N–H and O–H groups in total. The van der Waals surface area contributed by atoms with E-state index in [2.05, 4.69) is 4.74 Å². The van der Waals surface area contributed by atoms with Crippen molar-refractivity contribution in [2.75, 3.05) is 6.61 Å². The van der Waals surface area contributed by atoms with Gasteiger partial charge in [0.25, 0.3) is 0 Å². The lowest BCUT2D eigenvalue weighted by Gasteiger charge is -2.03. The minimum atomic E-state index is -1.14. The van der Waals surface area contributed by atoms with Crippen molar-refractivity contribution in [3.63, 3.8) is 0 Å². The van der Waals surface area contributed by atoms with Gasteiger partial charge in [0.1, 0.15) is 0 Å². The van der Waals surface area contributed by atoms with Crippen LogP contribution in [-0.4, -0.2) is 23.7 Å². The SMILES string of the molecule is CC.CC.CCOC(=O)C(Cl)C(C)=O. The van der Waals surface area contributed by atoms with E-state index >= 15 is 0 Å². The maximum Gasteiger partial charge on any atom is 0.331 e. The van der Waals surface area contributed by atoms with Crippen LogP contribution in [0.1, 0.15) is 41.5 Å². The average Bonchev–Trinajstić information content (AvgIpc) is 2.23. The van der Waals surface area contributed by atoms with E-state index in [0.29, 0.717) is 0 Å². The first kappa shape index (κ1) is 19.1. The number of carbonyl (C=O) groups excluding carboxylic acids is 2. The predicted octanol–water partition coefficient (Wildman–Crippen LogP) is 2.80. The first-order valence-electron chi connectivity index (χ1n) is 4.90. The van der Waals surface area contributed by atoms with Gasteiger partial charge in [-0.15, -0.1) is 11.6 Å². The molecule has 0 spiro atoms. The summed E-state index contributed by atoms with van der Waals surface area (Å²) in [5.74, 6) is -1.06. The second kappa shape index (κ2) is 14.9. The van der Waals surface area contributed by atoms with Gasteiger partial charge < -0.3 is 4.74 Å². The number of hydrogen-bond donors (Lipinski definition) is 0. The molecule has 3 nitrogen and oxygen atoms in total. The van der Waals surface area contributed by atoms with Crippen LogP contribution in [0.3, 0.4) is 0 Å². The summed E-state index contributed by atoms with van der Waals surface area (Å²) in [6.45, 7) is 11.1. The van der Waals surface area contributed by atoms with Gasteiger partial charge in [0, 0.05) is 0 Å². The van der Waals surface area contributed by atoms with Crippen molar-refractivity contribution < 1.29 is 14.3 Å². The van der Waals surface area contributed by atoms with Gasteiger partial charge in [0.2, 0.25) is 0 Å². The Bertz CT molecular complexity index is 146. The smallest absolute Gasteiger partial charge is 0.331 e. The van der Waals surface area contributed by atoms with Crippen molar-refractivity contribution in [1.82, 2.24) is 0 Å². The zero-order chi connectivity index (χ0) is 12.1. The summed E-state index contributed by atoms with van der Waals surface area (Å²) in [4.78, 5) is 21.0. The summed E-state index contributed by atoms with van der Waals surface area (Å²) in [6.07, 6.45) is 0. The molecule has 0 saturated heterocycles. The van der Waals surface area contributed by atoms with Gasteiger partial charge in [-0.25, -0.2) is 4.79 Å². The van der Waals surface area contributed by atoms with Crippen molar-refractivity contribution >= 4 is 23.4 Å². The molecule has 0 heterocycles. The third-order valence-electron chi connectivity index (χ3n) is 0.850. The highest BCUT2D eigenvalue weighted by Gasteiger charge is 2.20. The van der Waals surface area contributed by atoms with Crippen molar-refractivity contribution in [3.8, 4) is 0 Å². The number of ketones is 1. The number of esters is 1. The molecule has 0 aromatic heterocycles. The van der Waals surface area contributed by atoms with Crippen molar-refractivity contribution in [3.05, 3.63) is 0 Å². The summed E-state index contributed by atoms with van der Waals surface area (Å²) in [6, 6.07) is 0. The first-order valence-corrected chi connectivity index (χ1v) is 5.34. The Kier molecular flexibility index (Phi) is 20.3. The fraction of sp³-hybridized carbons (Fsp3) is 0.800. The second-order valence-corrected chi connectivity index (χ2v) is 2.16. The van der Waals surface area contributed by atoms with Gasteiger partial charge in [0.05, 0.1) is 6.61 Å². The summed E-state index contributed by atoms with van der Waals surface area (Å²) in [7, 11) is 0. The van der Waals surface area contributed by atoms with Crippen molar-refractivity contribution in [2.24, 2.45) is 0 Å². The minimum Gasteiger partial charge on any atom is -0.465 e. The topological polar surface area (TPSA) is 43.4 Å². The van der Waals surface area contributed by atoms with Crippen LogP contribution >= 0.6 is 11.6 Å². The molecule has 0 radical (unpaired) electrons. The molecule has 0 aliphatic rings. The number of carbonyl (C=O) groups is 2. The molecule has 4 heteroatoms. The highest BCUT2D eigenvalue weighted by Crippen LogP contribution is 1.99. The van der Waals surface area contributed by atoms with Crippen LogP contribution in [0.15, 0.2) is 0 Å². The van der Waals surface area contributed by atoms with Gasteiger partial charge in [-0.2, -0.15) is 0 Å². The highest BCUT2D eigenvalue weighted by molar-refractivity contribution is 6.40. The lowest BCUT2D eigenvalue weighted by molar-refractivity contribution is -0.144. The Labute approximate surface area is 91.8 Å². The Balaban J connectivity index is -0.000000266. The predicted molar refractivity (Wildman–Crippen MR) is 59.7 cm³/mol. The van der Waals surface area contributed by atoms with Crippen LogP contribution in [0.2, 0.25) is 0 Å². The molecule has 0 aliphatic heterocycles. The van der Waals surface area contributed by atoms with E-state index in [4.69, 9.17) is 11.6 Å². The minimum absolute atomic E-state index is 0.245. The Morgan fingerprint density at radius 1 is 1.21 bits per heavy atom.